The SMILES string of the molecule is COCCNCc1c(Sc2ncnn2C)nc2sccn12. The fourth-order valence-corrected chi connectivity index (χ4v) is 3.56. The zero-order valence-electron chi connectivity index (χ0n) is 11.8. The van der Waals surface area contributed by atoms with E-state index in [-0.39, 0.29) is 0 Å². The summed E-state index contributed by atoms with van der Waals surface area (Å²) >= 11 is 3.16. The summed E-state index contributed by atoms with van der Waals surface area (Å²) < 4.78 is 8.92. The van der Waals surface area contributed by atoms with Gasteiger partial charge in [-0.1, -0.05) is 0 Å². The van der Waals surface area contributed by atoms with Crippen molar-refractivity contribution in [1.29, 1.82) is 0 Å². The van der Waals surface area contributed by atoms with Crippen LogP contribution in [0.1, 0.15) is 5.69 Å². The molecular weight excluding hydrogens is 308 g/mol. The van der Waals surface area contributed by atoms with Crippen LogP contribution < -0.4 is 5.32 Å². The lowest BCUT2D eigenvalue weighted by atomic mass is 10.4. The van der Waals surface area contributed by atoms with Crippen LogP contribution in [-0.2, 0) is 18.3 Å². The van der Waals surface area contributed by atoms with Gasteiger partial charge < -0.3 is 10.1 Å². The van der Waals surface area contributed by atoms with Gasteiger partial charge in [-0.2, -0.15) is 5.10 Å². The van der Waals surface area contributed by atoms with Crippen molar-refractivity contribution in [3.8, 4) is 0 Å². The van der Waals surface area contributed by atoms with E-state index in [1.54, 1.807) is 29.5 Å². The molecule has 0 spiro atoms. The highest BCUT2D eigenvalue weighted by Gasteiger charge is 2.16. The minimum atomic E-state index is 0.692. The summed E-state index contributed by atoms with van der Waals surface area (Å²) in [6.45, 7) is 2.24. The number of nitrogens with one attached hydrogen (secondary N) is 1. The second-order valence-electron chi connectivity index (χ2n) is 4.36. The Hall–Kier alpha value is -1.42. The molecule has 0 amide bonds. The Bertz CT molecular complexity index is 718. The third kappa shape index (κ3) is 3.10. The molecule has 0 aromatic carbocycles. The van der Waals surface area contributed by atoms with E-state index in [0.29, 0.717) is 6.61 Å². The normalized spacial score (nSPS) is 11.5. The maximum atomic E-state index is 5.06. The third-order valence-electron chi connectivity index (χ3n) is 2.96. The number of hydrogen-bond acceptors (Lipinski definition) is 7. The van der Waals surface area contributed by atoms with Crippen LogP contribution in [0, 0.1) is 0 Å². The zero-order chi connectivity index (χ0) is 14.7. The highest BCUT2D eigenvalue weighted by Crippen LogP contribution is 2.30. The average molecular weight is 324 g/mol. The molecule has 0 aliphatic carbocycles. The van der Waals surface area contributed by atoms with E-state index >= 15 is 0 Å². The van der Waals surface area contributed by atoms with Crippen molar-refractivity contribution in [2.75, 3.05) is 20.3 Å². The van der Waals surface area contributed by atoms with Crippen LogP contribution in [0.15, 0.2) is 28.1 Å². The minimum absolute atomic E-state index is 0.692. The Morgan fingerprint density at radius 1 is 1.48 bits per heavy atom. The topological polar surface area (TPSA) is 69.3 Å². The molecule has 0 bridgehead atoms. The van der Waals surface area contributed by atoms with Gasteiger partial charge in [-0.25, -0.2) is 14.6 Å². The number of aromatic nitrogens is 5. The van der Waals surface area contributed by atoms with Crippen molar-refractivity contribution < 1.29 is 4.74 Å². The molecular formula is C12H16N6OS2. The van der Waals surface area contributed by atoms with Crippen molar-refractivity contribution >= 4 is 28.1 Å². The van der Waals surface area contributed by atoms with E-state index in [2.05, 4.69) is 24.8 Å². The molecule has 3 rings (SSSR count). The number of aryl methyl sites for hydroxylation is 1. The third-order valence-corrected chi connectivity index (χ3v) is 4.79. The average Bonchev–Trinajstić information content (AvgIpc) is 3.14. The Balaban J connectivity index is 1.83. The van der Waals surface area contributed by atoms with E-state index < -0.39 is 0 Å². The smallest absolute Gasteiger partial charge is 0.194 e. The summed E-state index contributed by atoms with van der Waals surface area (Å²) in [6, 6.07) is 0. The Morgan fingerprint density at radius 2 is 2.38 bits per heavy atom. The van der Waals surface area contributed by atoms with Crippen molar-refractivity contribution in [1.82, 2.24) is 29.5 Å². The molecule has 0 unspecified atom stereocenters. The molecule has 3 heterocycles. The fourth-order valence-electron chi connectivity index (χ4n) is 1.90. The van der Waals surface area contributed by atoms with Gasteiger partial charge in [0.1, 0.15) is 11.4 Å². The van der Waals surface area contributed by atoms with Gasteiger partial charge in [0.15, 0.2) is 10.1 Å². The Labute approximate surface area is 130 Å². The van der Waals surface area contributed by atoms with Crippen LogP contribution in [0.5, 0.6) is 0 Å². The van der Waals surface area contributed by atoms with Crippen molar-refractivity contribution in [3.63, 3.8) is 0 Å². The number of imidazole rings is 1. The lowest BCUT2D eigenvalue weighted by Crippen LogP contribution is -2.19. The first-order valence-electron chi connectivity index (χ1n) is 6.45. The molecule has 3 aromatic heterocycles. The number of hydrogen-bond donors (Lipinski definition) is 1. The van der Waals surface area contributed by atoms with Gasteiger partial charge in [0.05, 0.1) is 12.3 Å². The second kappa shape index (κ2) is 6.56. The van der Waals surface area contributed by atoms with E-state index in [0.717, 1.165) is 33.9 Å². The van der Waals surface area contributed by atoms with Gasteiger partial charge in [-0.05, 0) is 11.8 Å². The summed E-state index contributed by atoms with van der Waals surface area (Å²) in [5.74, 6) is 0. The lowest BCUT2D eigenvalue weighted by molar-refractivity contribution is 0.199. The highest BCUT2D eigenvalue weighted by atomic mass is 32.2. The van der Waals surface area contributed by atoms with E-state index in [4.69, 9.17) is 4.74 Å². The van der Waals surface area contributed by atoms with Crippen molar-refractivity contribution in [2.45, 2.75) is 16.7 Å². The van der Waals surface area contributed by atoms with Crippen molar-refractivity contribution in [2.24, 2.45) is 7.05 Å². The first-order valence-corrected chi connectivity index (χ1v) is 8.15. The maximum Gasteiger partial charge on any atom is 0.194 e. The number of thiazole rings is 1. The molecule has 0 aliphatic rings. The summed E-state index contributed by atoms with van der Waals surface area (Å²) in [5, 5.41) is 11.3. The predicted molar refractivity (Wildman–Crippen MR) is 81.8 cm³/mol. The standard InChI is InChI=1S/C12H16N6OS2/c1-17-11(14-8-15-17)21-10-9(7-13-3-5-19-2)18-4-6-20-12(18)16-10/h4,6,8,13H,3,5,7H2,1-2H3. The van der Waals surface area contributed by atoms with Crippen LogP contribution in [0.2, 0.25) is 0 Å². The van der Waals surface area contributed by atoms with Crippen molar-refractivity contribution in [3.05, 3.63) is 23.6 Å². The van der Waals surface area contributed by atoms with E-state index in [1.165, 1.54) is 11.8 Å². The molecule has 9 heteroatoms. The summed E-state index contributed by atoms with van der Waals surface area (Å²) in [5.41, 5.74) is 1.13. The van der Waals surface area contributed by atoms with E-state index in [9.17, 15) is 0 Å². The fraction of sp³-hybridized carbons (Fsp3) is 0.417. The molecule has 0 fully saturated rings. The largest absolute Gasteiger partial charge is 0.383 e. The summed E-state index contributed by atoms with van der Waals surface area (Å²) in [7, 11) is 3.58. The molecule has 1 N–H and O–H groups in total. The number of ether oxygens (including phenoxy) is 1. The van der Waals surface area contributed by atoms with Crippen LogP contribution >= 0.6 is 23.1 Å². The van der Waals surface area contributed by atoms with Gasteiger partial charge in [-0.3, -0.25) is 4.40 Å². The molecule has 7 nitrogen and oxygen atoms in total. The number of nitrogens with zero attached hydrogens (tertiary/aromatic N) is 5. The highest BCUT2D eigenvalue weighted by molar-refractivity contribution is 7.99. The second-order valence-corrected chi connectivity index (χ2v) is 6.19. The van der Waals surface area contributed by atoms with E-state index in [1.807, 2.05) is 18.6 Å². The molecule has 112 valence electrons. The zero-order valence-corrected chi connectivity index (χ0v) is 13.4. The first-order chi connectivity index (χ1) is 10.3. The van der Waals surface area contributed by atoms with Gasteiger partial charge in [0, 0.05) is 38.8 Å². The first kappa shape index (κ1) is 14.5. The Kier molecular flexibility index (Phi) is 4.54. The molecule has 0 aliphatic heterocycles. The van der Waals surface area contributed by atoms with Crippen LogP contribution in [0.4, 0.5) is 0 Å². The predicted octanol–water partition coefficient (Wildman–Crippen LogP) is 1.41. The van der Waals surface area contributed by atoms with Gasteiger partial charge in [0.25, 0.3) is 0 Å². The van der Waals surface area contributed by atoms with Crippen LogP contribution in [0.3, 0.4) is 0 Å². The van der Waals surface area contributed by atoms with Gasteiger partial charge >= 0.3 is 0 Å². The molecule has 0 saturated carbocycles. The molecule has 21 heavy (non-hydrogen) atoms. The number of methoxy groups -OCH3 is 1. The monoisotopic (exact) mass is 324 g/mol. The summed E-state index contributed by atoms with van der Waals surface area (Å²) in [6.07, 6.45) is 3.60. The number of fused-ring (bicyclic) bond motifs is 1. The summed E-state index contributed by atoms with van der Waals surface area (Å²) in [4.78, 5) is 9.91. The quantitative estimate of drug-likeness (QED) is 0.663. The molecule has 0 atom stereocenters. The minimum Gasteiger partial charge on any atom is -0.383 e. The lowest BCUT2D eigenvalue weighted by Gasteiger charge is -2.05. The van der Waals surface area contributed by atoms with Gasteiger partial charge in [0.2, 0.25) is 0 Å². The number of rotatable bonds is 7. The van der Waals surface area contributed by atoms with Crippen LogP contribution in [0.25, 0.3) is 4.96 Å². The Morgan fingerprint density at radius 3 is 3.14 bits per heavy atom. The molecule has 0 radical (unpaired) electrons. The van der Waals surface area contributed by atoms with Gasteiger partial charge in [-0.15, -0.1) is 11.3 Å². The molecule has 3 aromatic rings. The maximum absolute atomic E-state index is 5.06. The van der Waals surface area contributed by atoms with Crippen LogP contribution in [-0.4, -0.2) is 44.4 Å². The molecule has 0 saturated heterocycles.